The molecule has 2 aliphatic rings. The van der Waals surface area contributed by atoms with E-state index in [9.17, 15) is 14.3 Å². The zero-order valence-corrected chi connectivity index (χ0v) is 31.6. The first kappa shape index (κ1) is 36.7. The third-order valence-corrected chi connectivity index (χ3v) is 10.8. The molecule has 14 heteroatoms. The minimum absolute atomic E-state index is 0.0542. The van der Waals surface area contributed by atoms with E-state index in [1.165, 1.54) is 29.8 Å². The van der Waals surface area contributed by atoms with Crippen LogP contribution in [0.1, 0.15) is 16.8 Å². The third kappa shape index (κ3) is 7.38. The number of benzene rings is 4. The van der Waals surface area contributed by atoms with Crippen LogP contribution in [0.4, 0.5) is 4.39 Å². The van der Waals surface area contributed by atoms with E-state index < -0.39 is 12.1 Å². The van der Waals surface area contributed by atoms with Crippen molar-refractivity contribution in [2.75, 3.05) is 20.3 Å². The molecule has 0 unspecified atom stereocenters. The summed E-state index contributed by atoms with van der Waals surface area (Å²) in [6.07, 6.45) is 1.43. The zero-order valence-electron chi connectivity index (χ0n) is 30.0. The lowest BCUT2D eigenvalue weighted by atomic mass is 9.96. The molecule has 5 heterocycles. The van der Waals surface area contributed by atoms with Crippen molar-refractivity contribution in [2.45, 2.75) is 26.1 Å². The summed E-state index contributed by atoms with van der Waals surface area (Å²) in [4.78, 5) is 32.4. The van der Waals surface area contributed by atoms with Gasteiger partial charge in [0.05, 0.1) is 28.8 Å². The summed E-state index contributed by atoms with van der Waals surface area (Å²) in [5.74, 6) is 0.888. The number of para-hydroxylation sites is 1. The molecule has 0 saturated heterocycles. The number of rotatable bonds is 7. The molecule has 0 fully saturated rings. The molecule has 4 bridgehead atoms. The summed E-state index contributed by atoms with van der Waals surface area (Å²) in [6.45, 7) is 2.27. The molecule has 0 aliphatic carbocycles. The Balaban J connectivity index is 1.19. The number of aliphatic carboxylic acids is 1. The number of nitrogens with zero attached hydrogens (tertiary/aromatic N) is 4. The second kappa shape index (κ2) is 15.8. The summed E-state index contributed by atoms with van der Waals surface area (Å²) >= 11 is 8.27. The summed E-state index contributed by atoms with van der Waals surface area (Å²) in [6, 6.07) is 24.1. The highest BCUT2D eigenvalue weighted by Crippen LogP contribution is 2.49. The lowest BCUT2D eigenvalue weighted by Crippen LogP contribution is -2.30. The van der Waals surface area contributed by atoms with Crippen molar-refractivity contribution in [2.24, 2.45) is 0 Å². The van der Waals surface area contributed by atoms with Gasteiger partial charge < -0.3 is 28.8 Å². The Morgan fingerprint density at radius 3 is 2.61 bits per heavy atom. The SMILES string of the molecule is COc1ccccc1-c1nccc(COc2ccc3cc2C[C@H](C(=O)O)Oc2ncnc4sc(-c5ccc(F)cc5)c(c24)-c2ccc(c(Cl)c2C)OCCO3)n1. The predicted octanol–water partition coefficient (Wildman–Crippen LogP) is 9.02. The first-order chi connectivity index (χ1) is 27.3. The second-order valence-electron chi connectivity index (χ2n) is 12.7. The van der Waals surface area contributed by atoms with Crippen LogP contribution in [0.3, 0.4) is 0 Å². The van der Waals surface area contributed by atoms with Gasteiger partial charge in [-0.15, -0.1) is 11.3 Å². The summed E-state index contributed by atoms with van der Waals surface area (Å²) in [7, 11) is 1.59. The maximum Gasteiger partial charge on any atom is 0.345 e. The molecule has 7 aromatic rings. The van der Waals surface area contributed by atoms with E-state index in [1.54, 1.807) is 55.8 Å². The highest BCUT2D eigenvalue weighted by atomic mass is 35.5. The molecule has 56 heavy (non-hydrogen) atoms. The molecule has 0 spiro atoms. The van der Waals surface area contributed by atoms with Crippen molar-refractivity contribution in [3.8, 4) is 61.8 Å². The van der Waals surface area contributed by atoms with E-state index >= 15 is 0 Å². The number of aromatic nitrogens is 4. The Morgan fingerprint density at radius 2 is 1.79 bits per heavy atom. The lowest BCUT2D eigenvalue weighted by Gasteiger charge is -2.19. The number of carboxylic acids is 1. The van der Waals surface area contributed by atoms with Gasteiger partial charge in [0.25, 0.3) is 0 Å². The number of ether oxygens (including phenoxy) is 5. The van der Waals surface area contributed by atoms with Gasteiger partial charge in [-0.3, -0.25) is 0 Å². The molecule has 0 radical (unpaired) electrons. The van der Waals surface area contributed by atoms with Gasteiger partial charge in [-0.2, -0.15) is 0 Å². The Morgan fingerprint density at radius 1 is 0.964 bits per heavy atom. The molecule has 2 aliphatic heterocycles. The predicted molar refractivity (Wildman–Crippen MR) is 210 cm³/mol. The minimum Gasteiger partial charge on any atom is -0.496 e. The van der Waals surface area contributed by atoms with Crippen LogP contribution in [-0.4, -0.2) is 57.4 Å². The molecule has 282 valence electrons. The molecule has 1 N–H and O–H groups in total. The van der Waals surface area contributed by atoms with E-state index in [0.29, 0.717) is 66.4 Å². The fourth-order valence-corrected chi connectivity index (χ4v) is 7.83. The zero-order chi connectivity index (χ0) is 38.8. The number of halogens is 2. The van der Waals surface area contributed by atoms with Gasteiger partial charge in [-0.25, -0.2) is 29.1 Å². The molecule has 4 aromatic carbocycles. The van der Waals surface area contributed by atoms with Crippen LogP contribution >= 0.6 is 22.9 Å². The van der Waals surface area contributed by atoms with Crippen molar-refractivity contribution >= 4 is 39.1 Å². The number of fused-ring (bicyclic) bond motifs is 7. The van der Waals surface area contributed by atoms with Gasteiger partial charge in [0.15, 0.2) is 5.82 Å². The Bertz CT molecular complexity index is 2590. The Kier molecular flexibility index (Phi) is 10.3. The lowest BCUT2D eigenvalue weighted by molar-refractivity contribution is -0.145. The van der Waals surface area contributed by atoms with Crippen molar-refractivity contribution in [1.82, 2.24) is 19.9 Å². The average Bonchev–Trinajstić information content (AvgIpc) is 3.60. The van der Waals surface area contributed by atoms with Gasteiger partial charge in [0.1, 0.15) is 59.8 Å². The van der Waals surface area contributed by atoms with Crippen LogP contribution in [0.2, 0.25) is 5.02 Å². The molecule has 0 saturated carbocycles. The molecule has 3 aromatic heterocycles. The number of carboxylic acid groups (broad SMARTS) is 1. The first-order valence-corrected chi connectivity index (χ1v) is 18.7. The average molecular weight is 791 g/mol. The molecular formula is C42H32ClFN4O7S. The highest BCUT2D eigenvalue weighted by molar-refractivity contribution is 7.22. The van der Waals surface area contributed by atoms with Crippen LogP contribution in [0.5, 0.6) is 28.9 Å². The number of thiophene rings is 1. The largest absolute Gasteiger partial charge is 0.496 e. The summed E-state index contributed by atoms with van der Waals surface area (Å²) in [5, 5.41) is 11.5. The standard InChI is InChI=1S/C42H32ClFN4O7S/c1-23-29-12-14-33(37(23)43)53-18-17-52-28-11-13-31(54-21-27-15-16-45-39(48-27)30-5-3-4-6-32(30)51-2)25(19-28)20-34(42(49)50)55-40-36-35(29)38(56-41(36)47-22-46-40)24-7-9-26(44)10-8-24/h3-16,19,22,34H,17-18,20-21H2,1-2H3,(H,49,50)/t34-/m1/s1. The van der Waals surface area contributed by atoms with Crippen molar-refractivity contribution in [1.29, 1.82) is 0 Å². The Labute approximate surface area is 329 Å². The monoisotopic (exact) mass is 790 g/mol. The van der Waals surface area contributed by atoms with Gasteiger partial charge in [0.2, 0.25) is 12.0 Å². The van der Waals surface area contributed by atoms with Crippen molar-refractivity contribution < 1.29 is 38.0 Å². The minimum atomic E-state index is -1.42. The summed E-state index contributed by atoms with van der Waals surface area (Å²) in [5.41, 5.74) is 4.64. The van der Waals surface area contributed by atoms with E-state index in [4.69, 9.17) is 40.3 Å². The van der Waals surface area contributed by atoms with E-state index in [-0.39, 0.29) is 37.9 Å². The van der Waals surface area contributed by atoms with Crippen molar-refractivity contribution in [3.63, 3.8) is 0 Å². The number of hydrogen-bond acceptors (Lipinski definition) is 11. The van der Waals surface area contributed by atoms with E-state index in [0.717, 1.165) is 21.6 Å². The van der Waals surface area contributed by atoms with Gasteiger partial charge >= 0.3 is 5.97 Å². The quantitative estimate of drug-likeness (QED) is 0.166. The van der Waals surface area contributed by atoms with Gasteiger partial charge in [-0.1, -0.05) is 41.9 Å². The van der Waals surface area contributed by atoms with Crippen LogP contribution < -0.4 is 23.7 Å². The fourth-order valence-electron chi connectivity index (χ4n) is 6.46. The maximum absolute atomic E-state index is 14.1. The molecule has 1 atom stereocenters. The van der Waals surface area contributed by atoms with E-state index in [1.807, 2.05) is 37.3 Å². The van der Waals surface area contributed by atoms with Crippen LogP contribution in [0, 0.1) is 12.7 Å². The van der Waals surface area contributed by atoms with Gasteiger partial charge in [-0.05, 0) is 78.2 Å². The van der Waals surface area contributed by atoms with Crippen LogP contribution in [0.25, 0.3) is 43.2 Å². The second-order valence-corrected chi connectivity index (χ2v) is 14.1. The van der Waals surface area contributed by atoms with Crippen LogP contribution in [0.15, 0.2) is 97.5 Å². The molecular weight excluding hydrogens is 759 g/mol. The maximum atomic E-state index is 14.1. The number of methoxy groups -OCH3 is 1. The Hall–Kier alpha value is -6.31. The summed E-state index contributed by atoms with van der Waals surface area (Å²) < 4.78 is 44.3. The third-order valence-electron chi connectivity index (χ3n) is 9.19. The molecule has 9 rings (SSSR count). The van der Waals surface area contributed by atoms with Gasteiger partial charge in [0, 0.05) is 28.6 Å². The highest BCUT2D eigenvalue weighted by Gasteiger charge is 2.29. The first-order valence-electron chi connectivity index (χ1n) is 17.5. The van der Waals surface area contributed by atoms with Crippen LogP contribution in [-0.2, 0) is 17.8 Å². The fraction of sp³-hybridized carbons (Fsp3) is 0.167. The number of carbonyl (C=O) groups is 1. The van der Waals surface area contributed by atoms with E-state index in [2.05, 4.69) is 15.0 Å². The molecule has 11 nitrogen and oxygen atoms in total. The van der Waals surface area contributed by atoms with Crippen molar-refractivity contribution in [3.05, 3.63) is 125 Å². The normalized spacial score (nSPS) is 14.0. The molecule has 0 amide bonds. The number of hydrogen-bond donors (Lipinski definition) is 1. The topological polar surface area (TPSA) is 135 Å². The smallest absolute Gasteiger partial charge is 0.345 e.